The SMILES string of the molecule is C[C@@]1(C#N)COCc2ccc(C(=O)NCc3cc4nc(-c5cccc(C(=O)N6CCC6)c5)ccc4cn3)cc21. The van der Waals surface area contributed by atoms with Crippen LogP contribution in [0.25, 0.3) is 22.2 Å². The van der Waals surface area contributed by atoms with Gasteiger partial charge in [-0.15, -0.1) is 0 Å². The molecule has 0 bridgehead atoms. The normalized spacial score (nSPS) is 18.1. The summed E-state index contributed by atoms with van der Waals surface area (Å²) in [6.07, 6.45) is 2.80. The molecule has 0 aliphatic carbocycles. The number of nitriles is 1. The molecule has 2 aliphatic heterocycles. The minimum absolute atomic E-state index is 0.0515. The van der Waals surface area contributed by atoms with Gasteiger partial charge in [0.2, 0.25) is 0 Å². The molecule has 2 aromatic carbocycles. The van der Waals surface area contributed by atoms with Gasteiger partial charge in [0.15, 0.2) is 0 Å². The van der Waals surface area contributed by atoms with Crippen molar-refractivity contribution in [2.75, 3.05) is 19.7 Å². The second kappa shape index (κ2) is 9.93. The lowest BCUT2D eigenvalue weighted by Gasteiger charge is -2.31. The average molecular weight is 518 g/mol. The monoisotopic (exact) mass is 517 g/mol. The topological polar surface area (TPSA) is 108 Å². The second-order valence-electron chi connectivity index (χ2n) is 10.3. The van der Waals surface area contributed by atoms with Crippen LogP contribution in [-0.4, -0.2) is 46.4 Å². The van der Waals surface area contributed by atoms with E-state index >= 15 is 0 Å². The highest BCUT2D eigenvalue weighted by atomic mass is 16.5. The molecule has 1 atom stereocenters. The summed E-state index contributed by atoms with van der Waals surface area (Å²) in [7, 11) is 0. The molecule has 4 heterocycles. The molecule has 0 saturated carbocycles. The van der Waals surface area contributed by atoms with Gasteiger partial charge in [-0.1, -0.05) is 18.2 Å². The number of benzene rings is 2. The molecule has 39 heavy (non-hydrogen) atoms. The average Bonchev–Trinajstić information content (AvgIpc) is 2.94. The maximum atomic E-state index is 13.0. The van der Waals surface area contributed by atoms with Gasteiger partial charge in [0.25, 0.3) is 11.8 Å². The van der Waals surface area contributed by atoms with Gasteiger partial charge in [0.1, 0.15) is 5.41 Å². The highest BCUT2D eigenvalue weighted by molar-refractivity contribution is 5.96. The van der Waals surface area contributed by atoms with E-state index < -0.39 is 5.41 Å². The number of carbonyl (C=O) groups excluding carboxylic acids is 2. The first-order valence-corrected chi connectivity index (χ1v) is 13.0. The van der Waals surface area contributed by atoms with Crippen LogP contribution in [0.3, 0.4) is 0 Å². The van der Waals surface area contributed by atoms with Gasteiger partial charge >= 0.3 is 0 Å². The molecule has 1 N–H and O–H groups in total. The fraction of sp³-hybridized carbons (Fsp3) is 0.258. The number of nitrogens with zero attached hydrogens (tertiary/aromatic N) is 4. The van der Waals surface area contributed by atoms with Crippen molar-refractivity contribution in [3.8, 4) is 17.3 Å². The number of likely N-dealkylation sites (tertiary alicyclic amines) is 1. The molecule has 4 aromatic rings. The van der Waals surface area contributed by atoms with Crippen molar-refractivity contribution in [1.29, 1.82) is 5.26 Å². The molecular weight excluding hydrogens is 490 g/mol. The van der Waals surface area contributed by atoms with E-state index in [4.69, 9.17) is 9.72 Å². The third kappa shape index (κ3) is 4.73. The number of pyridine rings is 2. The number of rotatable bonds is 5. The minimum atomic E-state index is -0.783. The fourth-order valence-electron chi connectivity index (χ4n) is 4.99. The summed E-state index contributed by atoms with van der Waals surface area (Å²) in [6.45, 7) is 4.41. The first-order valence-electron chi connectivity index (χ1n) is 13.0. The molecule has 8 heteroatoms. The van der Waals surface area contributed by atoms with E-state index in [0.29, 0.717) is 30.0 Å². The van der Waals surface area contributed by atoms with E-state index in [-0.39, 0.29) is 18.4 Å². The van der Waals surface area contributed by atoms with Gasteiger partial charge < -0.3 is 15.0 Å². The smallest absolute Gasteiger partial charge is 0.253 e. The van der Waals surface area contributed by atoms with E-state index in [1.807, 2.05) is 60.4 Å². The van der Waals surface area contributed by atoms with Crippen molar-refractivity contribution < 1.29 is 14.3 Å². The Kier molecular flexibility index (Phi) is 6.29. The van der Waals surface area contributed by atoms with Crippen molar-refractivity contribution >= 4 is 22.7 Å². The maximum Gasteiger partial charge on any atom is 0.253 e. The van der Waals surface area contributed by atoms with E-state index in [2.05, 4.69) is 16.4 Å². The van der Waals surface area contributed by atoms with Crippen LogP contribution in [0.1, 0.15) is 50.9 Å². The highest BCUT2D eigenvalue weighted by Gasteiger charge is 2.33. The number of nitrogens with one attached hydrogen (secondary N) is 1. The minimum Gasteiger partial charge on any atom is -0.375 e. The summed E-state index contributed by atoms with van der Waals surface area (Å²) < 4.78 is 5.56. The molecule has 6 rings (SSSR count). The molecule has 2 aliphatic rings. The van der Waals surface area contributed by atoms with Crippen molar-refractivity contribution in [1.82, 2.24) is 20.2 Å². The number of hydrogen-bond donors (Lipinski definition) is 1. The molecule has 2 amide bonds. The lowest BCUT2D eigenvalue weighted by Crippen LogP contribution is -2.41. The summed E-state index contributed by atoms with van der Waals surface area (Å²) in [5, 5.41) is 13.5. The van der Waals surface area contributed by atoms with Gasteiger partial charge in [-0.25, -0.2) is 4.98 Å². The predicted octanol–water partition coefficient (Wildman–Crippen LogP) is 4.38. The van der Waals surface area contributed by atoms with E-state index in [1.165, 1.54) is 0 Å². The zero-order valence-corrected chi connectivity index (χ0v) is 21.6. The van der Waals surface area contributed by atoms with Crippen LogP contribution in [0.15, 0.2) is 66.9 Å². The van der Waals surface area contributed by atoms with Crippen molar-refractivity contribution in [2.45, 2.75) is 31.9 Å². The van der Waals surface area contributed by atoms with Crippen LogP contribution in [-0.2, 0) is 23.3 Å². The maximum absolute atomic E-state index is 13.0. The summed E-state index contributed by atoms with van der Waals surface area (Å²) >= 11 is 0. The Morgan fingerprint density at radius 1 is 1.10 bits per heavy atom. The van der Waals surface area contributed by atoms with Crippen LogP contribution < -0.4 is 5.32 Å². The third-order valence-corrected chi connectivity index (χ3v) is 7.47. The molecule has 8 nitrogen and oxygen atoms in total. The molecule has 0 radical (unpaired) electrons. The lowest BCUT2D eigenvalue weighted by atomic mass is 9.79. The fourth-order valence-corrected chi connectivity index (χ4v) is 4.99. The summed E-state index contributed by atoms with van der Waals surface area (Å²) in [4.78, 5) is 36.8. The Morgan fingerprint density at radius 3 is 2.77 bits per heavy atom. The number of aromatic nitrogens is 2. The number of fused-ring (bicyclic) bond motifs is 2. The molecule has 2 aromatic heterocycles. The van der Waals surface area contributed by atoms with Crippen molar-refractivity contribution in [2.24, 2.45) is 0 Å². The van der Waals surface area contributed by atoms with E-state index in [0.717, 1.165) is 52.8 Å². The number of amides is 2. The van der Waals surface area contributed by atoms with Crippen LogP contribution >= 0.6 is 0 Å². The third-order valence-electron chi connectivity index (χ3n) is 7.47. The van der Waals surface area contributed by atoms with E-state index in [1.54, 1.807) is 18.3 Å². The van der Waals surface area contributed by atoms with Crippen molar-refractivity contribution in [3.63, 3.8) is 0 Å². The quantitative estimate of drug-likeness (QED) is 0.421. The Balaban J connectivity index is 1.20. The van der Waals surface area contributed by atoms with Gasteiger partial charge in [-0.05, 0) is 66.9 Å². The zero-order chi connectivity index (χ0) is 27.0. The molecular formula is C31H27N5O3. The highest BCUT2D eigenvalue weighted by Crippen LogP contribution is 2.32. The molecule has 0 spiro atoms. The Labute approximate surface area is 226 Å². The van der Waals surface area contributed by atoms with Crippen molar-refractivity contribution in [3.05, 3.63) is 94.8 Å². The van der Waals surface area contributed by atoms with Crippen LogP contribution in [0.5, 0.6) is 0 Å². The van der Waals surface area contributed by atoms with Gasteiger partial charge in [-0.2, -0.15) is 5.26 Å². The lowest BCUT2D eigenvalue weighted by molar-refractivity contribution is 0.0651. The largest absolute Gasteiger partial charge is 0.375 e. The number of ether oxygens (including phenoxy) is 1. The number of carbonyl (C=O) groups is 2. The van der Waals surface area contributed by atoms with Gasteiger partial charge in [0.05, 0.1) is 42.7 Å². The summed E-state index contributed by atoms with van der Waals surface area (Å²) in [5.41, 5.74) is 5.20. The molecule has 194 valence electrons. The zero-order valence-electron chi connectivity index (χ0n) is 21.6. The Hall–Kier alpha value is -4.61. The van der Waals surface area contributed by atoms with Crippen LogP contribution in [0.2, 0.25) is 0 Å². The first-order chi connectivity index (χ1) is 18.9. The van der Waals surface area contributed by atoms with Crippen LogP contribution in [0.4, 0.5) is 0 Å². The molecule has 1 fully saturated rings. The standard InChI is InChI=1S/C31H27N5O3/c1-31(18-32)19-39-17-24-7-6-21(13-26(24)31)29(37)34-16-25-14-28-23(15-33-25)8-9-27(35-28)20-4-2-5-22(12-20)30(38)36-10-3-11-36/h2,4-9,12-15H,3,10-11,16-17,19H2,1H3,(H,34,37)/t31-/m1/s1. The predicted molar refractivity (Wildman–Crippen MR) is 146 cm³/mol. The van der Waals surface area contributed by atoms with Gasteiger partial charge in [0, 0.05) is 41.4 Å². The Morgan fingerprint density at radius 2 is 1.97 bits per heavy atom. The molecule has 1 saturated heterocycles. The Bertz CT molecular complexity index is 1660. The van der Waals surface area contributed by atoms with E-state index in [9.17, 15) is 14.9 Å². The summed E-state index contributed by atoms with van der Waals surface area (Å²) in [5.74, 6) is -0.187. The first kappa shape index (κ1) is 24.7. The summed E-state index contributed by atoms with van der Waals surface area (Å²) in [6, 6.07) is 21.0. The second-order valence-corrected chi connectivity index (χ2v) is 10.3. The molecule has 0 unspecified atom stereocenters. The van der Waals surface area contributed by atoms with Crippen LogP contribution in [0, 0.1) is 11.3 Å². The van der Waals surface area contributed by atoms with Gasteiger partial charge in [-0.3, -0.25) is 14.6 Å². The number of hydrogen-bond acceptors (Lipinski definition) is 6.